The fourth-order valence-electron chi connectivity index (χ4n) is 4.52. The molecule has 5 rings (SSSR count). The van der Waals surface area contributed by atoms with Crippen molar-refractivity contribution >= 4 is 22.8 Å². The number of nitrogens with one attached hydrogen (secondary N) is 1. The molecule has 1 aromatic heterocycles. The van der Waals surface area contributed by atoms with E-state index in [2.05, 4.69) is 28.2 Å². The Hall–Kier alpha value is -3.81. The average Bonchev–Trinajstić information content (AvgIpc) is 3.26. The van der Waals surface area contributed by atoms with Crippen LogP contribution in [-0.4, -0.2) is 57.8 Å². The number of amides is 2. The molecule has 3 heterocycles. The lowest BCUT2D eigenvalue weighted by molar-refractivity contribution is -0.136. The van der Waals surface area contributed by atoms with Crippen LogP contribution in [0.3, 0.4) is 0 Å². The van der Waals surface area contributed by atoms with E-state index in [1.165, 1.54) is 0 Å². The standard InChI is InChI=1S/C24H25N5O3/c1-14-26-18-5-3-16(12-19(18)27-14)15-4-8-22-17(11-15)13-29(9-10-32-22)24(31)21-7-6-20(23(25)30)28(21)2/h3-6,8,11-12,21H,7,9-10,13H2,1-2H3,(H2,25,30)(H,26,27). The summed E-state index contributed by atoms with van der Waals surface area (Å²) in [5.41, 5.74) is 10.8. The maximum absolute atomic E-state index is 13.3. The van der Waals surface area contributed by atoms with Crippen LogP contribution in [0.1, 0.15) is 17.8 Å². The van der Waals surface area contributed by atoms with Crippen LogP contribution in [0.15, 0.2) is 48.2 Å². The fraction of sp³-hybridized carbons (Fsp3) is 0.292. The highest BCUT2D eigenvalue weighted by Crippen LogP contribution is 2.31. The van der Waals surface area contributed by atoms with Crippen LogP contribution < -0.4 is 10.5 Å². The van der Waals surface area contributed by atoms with E-state index in [0.29, 0.717) is 31.8 Å². The number of aromatic amines is 1. The van der Waals surface area contributed by atoms with Gasteiger partial charge in [-0.3, -0.25) is 9.59 Å². The lowest BCUT2D eigenvalue weighted by atomic mass is 10.0. The second-order valence-corrected chi connectivity index (χ2v) is 8.30. The largest absolute Gasteiger partial charge is 0.491 e. The van der Waals surface area contributed by atoms with Gasteiger partial charge < -0.3 is 25.3 Å². The number of H-pyrrole nitrogens is 1. The number of aryl methyl sites for hydroxylation is 1. The van der Waals surface area contributed by atoms with E-state index in [-0.39, 0.29) is 5.91 Å². The number of fused-ring (bicyclic) bond motifs is 2. The van der Waals surface area contributed by atoms with Crippen LogP contribution in [0, 0.1) is 6.92 Å². The highest BCUT2D eigenvalue weighted by atomic mass is 16.5. The zero-order valence-electron chi connectivity index (χ0n) is 18.1. The Morgan fingerprint density at radius 2 is 1.97 bits per heavy atom. The molecule has 2 aliphatic heterocycles. The molecule has 0 saturated heterocycles. The third kappa shape index (κ3) is 3.47. The molecule has 8 nitrogen and oxygen atoms in total. The molecule has 1 unspecified atom stereocenters. The minimum Gasteiger partial charge on any atom is -0.491 e. The van der Waals surface area contributed by atoms with Crippen molar-refractivity contribution in [2.75, 3.05) is 20.2 Å². The number of likely N-dealkylation sites (N-methyl/N-ethyl adjacent to an activating group) is 1. The Labute approximate surface area is 185 Å². The van der Waals surface area contributed by atoms with E-state index in [9.17, 15) is 9.59 Å². The first-order chi connectivity index (χ1) is 15.4. The number of hydrogen-bond donors (Lipinski definition) is 2. The first kappa shape index (κ1) is 20.1. The molecular formula is C24H25N5O3. The fourth-order valence-corrected chi connectivity index (χ4v) is 4.52. The van der Waals surface area contributed by atoms with Crippen molar-refractivity contribution in [3.05, 3.63) is 59.6 Å². The number of benzene rings is 2. The topological polar surface area (TPSA) is 105 Å². The van der Waals surface area contributed by atoms with Gasteiger partial charge in [-0.15, -0.1) is 0 Å². The number of hydrogen-bond acceptors (Lipinski definition) is 5. The van der Waals surface area contributed by atoms with Gasteiger partial charge in [-0.25, -0.2) is 4.98 Å². The molecule has 2 aromatic carbocycles. The van der Waals surface area contributed by atoms with Gasteiger partial charge in [0.25, 0.3) is 5.91 Å². The van der Waals surface area contributed by atoms with Gasteiger partial charge in [-0.05, 0) is 48.7 Å². The number of ether oxygens (including phenoxy) is 1. The maximum Gasteiger partial charge on any atom is 0.264 e. The third-order valence-corrected chi connectivity index (χ3v) is 6.21. The summed E-state index contributed by atoms with van der Waals surface area (Å²) in [6.45, 7) is 3.29. The lowest BCUT2D eigenvalue weighted by Crippen LogP contribution is -2.46. The predicted octanol–water partition coefficient (Wildman–Crippen LogP) is 2.33. The molecule has 3 aromatic rings. The van der Waals surface area contributed by atoms with Gasteiger partial charge in [0.1, 0.15) is 24.2 Å². The van der Waals surface area contributed by atoms with Crippen molar-refractivity contribution in [3.8, 4) is 16.9 Å². The van der Waals surface area contributed by atoms with Crippen molar-refractivity contribution in [2.45, 2.75) is 25.9 Å². The SMILES string of the molecule is Cc1nc2ccc(-c3ccc4c(c3)CN(C(=O)C3CC=C(C(N)=O)N3C)CCO4)cc2[nH]1. The van der Waals surface area contributed by atoms with Gasteiger partial charge in [-0.1, -0.05) is 18.2 Å². The van der Waals surface area contributed by atoms with Gasteiger partial charge in [0.15, 0.2) is 0 Å². The molecule has 0 radical (unpaired) electrons. The number of rotatable bonds is 3. The number of carbonyl (C=O) groups excluding carboxylic acids is 2. The molecule has 0 saturated carbocycles. The Morgan fingerprint density at radius 3 is 2.75 bits per heavy atom. The summed E-state index contributed by atoms with van der Waals surface area (Å²) in [7, 11) is 1.74. The minimum atomic E-state index is -0.513. The average molecular weight is 431 g/mol. The minimum absolute atomic E-state index is 0.0313. The molecule has 8 heteroatoms. The zero-order valence-corrected chi connectivity index (χ0v) is 18.1. The normalized spacial score (nSPS) is 18.2. The van der Waals surface area contributed by atoms with E-state index in [4.69, 9.17) is 10.5 Å². The third-order valence-electron chi connectivity index (χ3n) is 6.21. The molecule has 32 heavy (non-hydrogen) atoms. The van der Waals surface area contributed by atoms with Crippen LogP contribution >= 0.6 is 0 Å². The van der Waals surface area contributed by atoms with Crippen molar-refractivity contribution in [3.63, 3.8) is 0 Å². The van der Waals surface area contributed by atoms with Crippen LogP contribution in [0.5, 0.6) is 5.75 Å². The Morgan fingerprint density at radius 1 is 1.19 bits per heavy atom. The van der Waals surface area contributed by atoms with Crippen molar-refractivity contribution in [1.82, 2.24) is 19.8 Å². The molecule has 2 aliphatic rings. The van der Waals surface area contributed by atoms with E-state index in [1.54, 1.807) is 22.9 Å². The summed E-state index contributed by atoms with van der Waals surface area (Å²) in [5, 5.41) is 0. The van der Waals surface area contributed by atoms with Crippen molar-refractivity contribution < 1.29 is 14.3 Å². The van der Waals surface area contributed by atoms with Crippen LogP contribution in [0.4, 0.5) is 0 Å². The van der Waals surface area contributed by atoms with Crippen LogP contribution in [-0.2, 0) is 16.1 Å². The smallest absolute Gasteiger partial charge is 0.264 e. The van der Waals surface area contributed by atoms with Gasteiger partial charge in [0, 0.05) is 19.2 Å². The number of imidazole rings is 1. The van der Waals surface area contributed by atoms with Gasteiger partial charge >= 0.3 is 0 Å². The monoisotopic (exact) mass is 431 g/mol. The van der Waals surface area contributed by atoms with Gasteiger partial charge in [0.05, 0.1) is 23.3 Å². The summed E-state index contributed by atoms with van der Waals surface area (Å²) >= 11 is 0. The molecule has 2 amide bonds. The van der Waals surface area contributed by atoms with E-state index in [1.807, 2.05) is 25.1 Å². The molecule has 1 atom stereocenters. The van der Waals surface area contributed by atoms with Crippen LogP contribution in [0.2, 0.25) is 0 Å². The summed E-state index contributed by atoms with van der Waals surface area (Å²) in [6.07, 6.45) is 2.21. The predicted molar refractivity (Wildman–Crippen MR) is 121 cm³/mol. The van der Waals surface area contributed by atoms with E-state index < -0.39 is 11.9 Å². The Bertz CT molecular complexity index is 1260. The van der Waals surface area contributed by atoms with E-state index >= 15 is 0 Å². The second-order valence-electron chi connectivity index (χ2n) is 8.30. The van der Waals surface area contributed by atoms with Gasteiger partial charge in [-0.2, -0.15) is 0 Å². The molecule has 3 N–H and O–H groups in total. The number of nitrogens with zero attached hydrogens (tertiary/aromatic N) is 3. The first-order valence-electron chi connectivity index (χ1n) is 10.6. The highest BCUT2D eigenvalue weighted by Gasteiger charge is 2.34. The Kier molecular flexibility index (Phi) is 4.84. The summed E-state index contributed by atoms with van der Waals surface area (Å²) in [6, 6.07) is 11.8. The highest BCUT2D eigenvalue weighted by molar-refractivity contribution is 5.94. The number of aromatic nitrogens is 2. The zero-order chi connectivity index (χ0) is 22.4. The number of nitrogens with two attached hydrogens (primary N) is 1. The van der Waals surface area contributed by atoms with Crippen molar-refractivity contribution in [2.24, 2.45) is 5.73 Å². The van der Waals surface area contributed by atoms with Crippen LogP contribution in [0.25, 0.3) is 22.2 Å². The second kappa shape index (κ2) is 7.71. The summed E-state index contributed by atoms with van der Waals surface area (Å²) < 4.78 is 5.93. The molecule has 0 bridgehead atoms. The van der Waals surface area contributed by atoms with Gasteiger partial charge in [0.2, 0.25) is 5.91 Å². The molecule has 0 fully saturated rings. The number of primary amides is 1. The maximum atomic E-state index is 13.3. The quantitative estimate of drug-likeness (QED) is 0.662. The lowest BCUT2D eigenvalue weighted by Gasteiger charge is -2.29. The molecule has 0 spiro atoms. The molecular weight excluding hydrogens is 406 g/mol. The molecule has 0 aliphatic carbocycles. The first-order valence-corrected chi connectivity index (χ1v) is 10.6. The number of carbonyl (C=O) groups is 2. The summed E-state index contributed by atoms with van der Waals surface area (Å²) in [4.78, 5) is 36.1. The van der Waals surface area contributed by atoms with E-state index in [0.717, 1.165) is 39.3 Å². The summed E-state index contributed by atoms with van der Waals surface area (Å²) in [5.74, 6) is 1.13. The Balaban J connectivity index is 1.41. The van der Waals surface area contributed by atoms with Crippen molar-refractivity contribution in [1.29, 1.82) is 0 Å². The molecule has 164 valence electrons.